The number of aromatic nitrogens is 1. The fourth-order valence-corrected chi connectivity index (χ4v) is 0.905. The van der Waals surface area contributed by atoms with Gasteiger partial charge in [0.2, 0.25) is 0 Å². The van der Waals surface area contributed by atoms with Crippen LogP contribution >= 0.6 is 0 Å². The van der Waals surface area contributed by atoms with Crippen LogP contribution in [0.2, 0.25) is 0 Å². The first-order valence-electron chi connectivity index (χ1n) is 2.12. The minimum atomic E-state index is 0. The summed E-state index contributed by atoms with van der Waals surface area (Å²) < 4.78 is 1.20. The van der Waals surface area contributed by atoms with Gasteiger partial charge >= 0.3 is 52.0 Å². The molecule has 1 heterocycles. The van der Waals surface area contributed by atoms with E-state index in [0.717, 1.165) is 18.3 Å². The Labute approximate surface area is 64.6 Å². The van der Waals surface area contributed by atoms with Gasteiger partial charge in [0.05, 0.1) is 0 Å². The number of pyridine rings is 1. The summed E-state index contributed by atoms with van der Waals surface area (Å²) in [6.45, 7) is 0. The van der Waals surface area contributed by atoms with Gasteiger partial charge in [0.15, 0.2) is 0 Å². The van der Waals surface area contributed by atoms with Crippen molar-refractivity contribution in [2.75, 3.05) is 0 Å². The SMILES string of the molecule is [Cl-].[Zn+][c]1ccccn1. The molecule has 0 saturated heterocycles. The average molecular weight is 179 g/mol. The van der Waals surface area contributed by atoms with Crippen LogP contribution in [-0.4, -0.2) is 4.98 Å². The van der Waals surface area contributed by atoms with E-state index in [0.29, 0.717) is 0 Å². The van der Waals surface area contributed by atoms with Gasteiger partial charge in [0.1, 0.15) is 0 Å². The summed E-state index contributed by atoms with van der Waals surface area (Å²) in [7, 11) is 0. The number of halogens is 1. The van der Waals surface area contributed by atoms with Crippen LogP contribution in [0.25, 0.3) is 0 Å². The molecule has 1 rings (SSSR count). The third-order valence-corrected chi connectivity index (χ3v) is 1.60. The van der Waals surface area contributed by atoms with Crippen LogP contribution in [0.5, 0.6) is 0 Å². The van der Waals surface area contributed by atoms with Crippen molar-refractivity contribution < 1.29 is 30.7 Å². The van der Waals surface area contributed by atoms with Gasteiger partial charge in [-0.05, 0) is 0 Å². The first kappa shape index (κ1) is 8.06. The molecule has 0 aromatic carbocycles. The molecule has 3 heteroatoms. The normalized spacial score (nSPS) is 7.75. The zero-order valence-corrected chi connectivity index (χ0v) is 8.06. The molecule has 0 aliphatic carbocycles. The fraction of sp³-hybridized carbons (Fsp3) is 0. The van der Waals surface area contributed by atoms with E-state index in [1.165, 1.54) is 4.29 Å². The zero-order valence-electron chi connectivity index (χ0n) is 4.34. The van der Waals surface area contributed by atoms with Crippen molar-refractivity contribution in [3.63, 3.8) is 0 Å². The van der Waals surface area contributed by atoms with Gasteiger partial charge in [-0.25, -0.2) is 0 Å². The van der Waals surface area contributed by atoms with E-state index in [2.05, 4.69) is 4.98 Å². The molecule has 0 fully saturated rings. The molecule has 0 atom stereocenters. The Bertz CT molecular complexity index is 142. The van der Waals surface area contributed by atoms with E-state index < -0.39 is 0 Å². The van der Waals surface area contributed by atoms with E-state index in [1.807, 2.05) is 24.4 Å². The van der Waals surface area contributed by atoms with E-state index in [-0.39, 0.29) is 12.4 Å². The fourth-order valence-electron chi connectivity index (χ4n) is 0.398. The monoisotopic (exact) mass is 177 g/mol. The van der Waals surface area contributed by atoms with Crippen LogP contribution in [0.1, 0.15) is 0 Å². The Hall–Kier alpha value is 0.0634. The van der Waals surface area contributed by atoms with Crippen LogP contribution in [0.15, 0.2) is 24.4 Å². The van der Waals surface area contributed by atoms with E-state index in [9.17, 15) is 0 Å². The van der Waals surface area contributed by atoms with E-state index >= 15 is 0 Å². The van der Waals surface area contributed by atoms with Gasteiger partial charge < -0.3 is 12.4 Å². The van der Waals surface area contributed by atoms with Crippen molar-refractivity contribution >= 4 is 4.29 Å². The zero-order chi connectivity index (χ0) is 5.11. The van der Waals surface area contributed by atoms with Crippen molar-refractivity contribution in [2.24, 2.45) is 0 Å². The standard InChI is InChI=1S/C5H4N.ClH.Zn/c1-2-4-6-5-3-1;;/h1-4H;1H;/q;;+1/p-1. The van der Waals surface area contributed by atoms with Crippen molar-refractivity contribution in [3.8, 4) is 0 Å². The number of rotatable bonds is 0. The molecule has 0 saturated carbocycles. The summed E-state index contributed by atoms with van der Waals surface area (Å²) in [4.78, 5) is 4.03. The molecule has 1 aromatic heterocycles. The number of hydrogen-bond donors (Lipinski definition) is 0. The second-order valence-electron chi connectivity index (χ2n) is 1.32. The van der Waals surface area contributed by atoms with Crippen LogP contribution in [0.3, 0.4) is 0 Å². The van der Waals surface area contributed by atoms with Crippen LogP contribution in [-0.2, 0) is 18.3 Å². The second kappa shape index (κ2) is 3.99. The van der Waals surface area contributed by atoms with Gasteiger partial charge in [0.25, 0.3) is 0 Å². The predicted molar refractivity (Wildman–Crippen MR) is 23.9 cm³/mol. The van der Waals surface area contributed by atoms with Gasteiger partial charge in [-0.15, -0.1) is 0 Å². The summed E-state index contributed by atoms with van der Waals surface area (Å²) in [5, 5.41) is 0. The summed E-state index contributed by atoms with van der Waals surface area (Å²) in [5.41, 5.74) is 0. The number of hydrogen-bond acceptors (Lipinski definition) is 1. The summed E-state index contributed by atoms with van der Waals surface area (Å²) in [6, 6.07) is 5.96. The molecule has 0 amide bonds. The average Bonchev–Trinajstić information content (AvgIpc) is 1.69. The maximum atomic E-state index is 4.03. The summed E-state index contributed by atoms with van der Waals surface area (Å²) in [5.74, 6) is 0. The van der Waals surface area contributed by atoms with Gasteiger partial charge in [-0.2, -0.15) is 0 Å². The molecule has 8 heavy (non-hydrogen) atoms. The molecule has 0 aliphatic heterocycles. The minimum absolute atomic E-state index is 0. The molecule has 0 N–H and O–H groups in total. The molecule has 1 aromatic rings. The number of nitrogens with zero attached hydrogens (tertiary/aromatic N) is 1. The van der Waals surface area contributed by atoms with Crippen molar-refractivity contribution in [2.45, 2.75) is 0 Å². The molecule has 0 spiro atoms. The molecule has 0 aliphatic rings. The maximum absolute atomic E-state index is 4.03. The van der Waals surface area contributed by atoms with Gasteiger partial charge in [0, 0.05) is 0 Å². The Kier molecular flexibility index (Phi) is 4.03. The van der Waals surface area contributed by atoms with Gasteiger partial charge in [-0.3, -0.25) is 0 Å². The Morgan fingerprint density at radius 1 is 1.38 bits per heavy atom. The Morgan fingerprint density at radius 3 is 2.38 bits per heavy atom. The Balaban J connectivity index is 0.000000490. The van der Waals surface area contributed by atoms with Crippen LogP contribution < -0.4 is 16.7 Å². The van der Waals surface area contributed by atoms with Crippen LogP contribution in [0, 0.1) is 0 Å². The second-order valence-corrected chi connectivity index (χ2v) is 2.84. The van der Waals surface area contributed by atoms with Crippen LogP contribution in [0.4, 0.5) is 0 Å². The molecule has 1 nitrogen and oxygen atoms in total. The molecular formula is C5H4ClNZn. The van der Waals surface area contributed by atoms with E-state index in [1.54, 1.807) is 0 Å². The molecule has 38 valence electrons. The third-order valence-electron chi connectivity index (χ3n) is 0.726. The first-order valence-corrected chi connectivity index (χ1v) is 3.61. The molecule has 0 radical (unpaired) electrons. The molecule has 0 unspecified atom stereocenters. The van der Waals surface area contributed by atoms with Crippen molar-refractivity contribution in [1.29, 1.82) is 0 Å². The predicted octanol–water partition coefficient (Wildman–Crippen LogP) is -2.74. The summed E-state index contributed by atoms with van der Waals surface area (Å²) in [6.07, 6.45) is 1.82. The Morgan fingerprint density at radius 2 is 2.12 bits per heavy atom. The van der Waals surface area contributed by atoms with E-state index in [4.69, 9.17) is 0 Å². The quantitative estimate of drug-likeness (QED) is 0.393. The topological polar surface area (TPSA) is 12.9 Å². The van der Waals surface area contributed by atoms with Gasteiger partial charge in [-0.1, -0.05) is 0 Å². The summed E-state index contributed by atoms with van der Waals surface area (Å²) >= 11 is 1.15. The third kappa shape index (κ3) is 2.39. The first-order chi connectivity index (χ1) is 3.39. The molecule has 0 bridgehead atoms. The molecular weight excluding hydrogens is 175 g/mol. The van der Waals surface area contributed by atoms with Crippen molar-refractivity contribution in [3.05, 3.63) is 24.4 Å². The van der Waals surface area contributed by atoms with Crippen molar-refractivity contribution in [1.82, 2.24) is 4.98 Å².